The predicted molar refractivity (Wildman–Crippen MR) is 61.8 cm³/mol. The minimum atomic E-state index is -5.52. The lowest BCUT2D eigenvalue weighted by Crippen LogP contribution is -2.33. The molecule has 1 N–H and O–H groups in total. The Kier molecular flexibility index (Phi) is 5.48. The fraction of sp³-hybridized carbons (Fsp3) is 0.875. The van der Waals surface area contributed by atoms with Crippen LogP contribution in [0.2, 0.25) is 0 Å². The average Bonchev–Trinajstić information content (AvgIpc) is 2.13. The van der Waals surface area contributed by atoms with Gasteiger partial charge in [0, 0.05) is 11.5 Å². The van der Waals surface area contributed by atoms with Crippen LogP contribution in [-0.4, -0.2) is 40.6 Å². The van der Waals surface area contributed by atoms with E-state index in [4.69, 9.17) is 0 Å². The van der Waals surface area contributed by atoms with E-state index in [1.165, 1.54) is 20.8 Å². The van der Waals surface area contributed by atoms with E-state index in [1.807, 2.05) is 0 Å². The van der Waals surface area contributed by atoms with E-state index in [-0.39, 0.29) is 23.0 Å². The molecule has 0 aliphatic rings. The second-order valence-corrected chi connectivity index (χ2v) is 8.87. The Labute approximate surface area is 100 Å². The molecule has 0 aromatic rings. The summed E-state index contributed by atoms with van der Waals surface area (Å²) in [6, 6.07) is 0. The Hall–Kier alpha value is -0.280. The molecule has 0 aromatic heterocycles. The second kappa shape index (κ2) is 5.57. The van der Waals surface area contributed by atoms with Crippen molar-refractivity contribution in [1.82, 2.24) is 0 Å². The maximum Gasteiger partial charge on any atom is 0.572 e. The van der Waals surface area contributed by atoms with E-state index in [2.05, 4.69) is 3.63 Å². The molecular weight excluding hydrogens is 281 g/mol. The van der Waals surface area contributed by atoms with Gasteiger partial charge in [-0.2, -0.15) is 13.2 Å². The molecule has 0 heterocycles. The van der Waals surface area contributed by atoms with Crippen molar-refractivity contribution in [3.63, 3.8) is 0 Å². The van der Waals surface area contributed by atoms with E-state index in [9.17, 15) is 26.4 Å². The van der Waals surface area contributed by atoms with Gasteiger partial charge in [0.1, 0.15) is 5.78 Å². The number of carbonyl (C=O) groups excluding carboxylic acids is 1. The van der Waals surface area contributed by atoms with Crippen LogP contribution in [0.25, 0.3) is 0 Å². The van der Waals surface area contributed by atoms with Gasteiger partial charge in [0.25, 0.3) is 0 Å². The highest BCUT2D eigenvalue weighted by Gasteiger charge is 2.55. The molecular formula is C8H16F3O4S2+. The zero-order valence-corrected chi connectivity index (χ0v) is 11.4. The summed E-state index contributed by atoms with van der Waals surface area (Å²) in [4.78, 5) is 11.0. The first-order valence-corrected chi connectivity index (χ1v) is 8.34. The van der Waals surface area contributed by atoms with E-state index in [0.29, 0.717) is 0 Å². The van der Waals surface area contributed by atoms with Crippen molar-refractivity contribution in [3.8, 4) is 0 Å². The largest absolute Gasteiger partial charge is 0.572 e. The van der Waals surface area contributed by atoms with Crippen LogP contribution in [-0.2, 0) is 14.9 Å². The van der Waals surface area contributed by atoms with Crippen molar-refractivity contribution in [2.75, 3.05) is 17.3 Å². The van der Waals surface area contributed by atoms with Crippen molar-refractivity contribution in [1.29, 1.82) is 0 Å². The van der Waals surface area contributed by atoms with Gasteiger partial charge >= 0.3 is 15.6 Å². The molecule has 0 atom stereocenters. The molecule has 0 saturated carbocycles. The average molecular weight is 297 g/mol. The lowest BCUT2D eigenvalue weighted by Gasteiger charge is -2.30. The van der Waals surface area contributed by atoms with Crippen LogP contribution in [0.5, 0.6) is 0 Å². The third-order valence-corrected chi connectivity index (χ3v) is 7.82. The number of ketones is 1. The summed E-state index contributed by atoms with van der Waals surface area (Å²) in [5, 5.41) is 0. The molecule has 0 spiro atoms. The molecule has 0 unspecified atom stereocenters. The number of hydrogen-bond donors (Lipinski definition) is 0. The Morgan fingerprint density at radius 1 is 1.18 bits per heavy atom. The van der Waals surface area contributed by atoms with Gasteiger partial charge < -0.3 is 0 Å². The number of halogens is 3. The van der Waals surface area contributed by atoms with Crippen LogP contribution < -0.4 is 0 Å². The summed E-state index contributed by atoms with van der Waals surface area (Å²) in [6.45, 7) is 4.29. The lowest BCUT2D eigenvalue weighted by molar-refractivity contribution is -0.114. The Bertz CT molecular complexity index is 371. The topological polar surface area (TPSA) is 64.0 Å². The smallest absolute Gasteiger partial charge is 0.299 e. The van der Waals surface area contributed by atoms with Gasteiger partial charge in [-0.15, -0.1) is 8.42 Å². The summed E-state index contributed by atoms with van der Waals surface area (Å²) in [7, 11) is -7.96. The van der Waals surface area contributed by atoms with Crippen LogP contribution in [0.3, 0.4) is 0 Å². The highest BCUT2D eigenvalue weighted by Crippen LogP contribution is 2.49. The third-order valence-electron chi connectivity index (χ3n) is 2.10. The molecule has 0 rings (SSSR count). The number of hydrogen-bond acceptors (Lipinski definition) is 3. The molecule has 17 heavy (non-hydrogen) atoms. The summed E-state index contributed by atoms with van der Waals surface area (Å²) in [5.41, 5.74) is -5.40. The molecule has 0 bridgehead atoms. The zero-order chi connectivity index (χ0) is 13.9. The molecule has 4 nitrogen and oxygen atoms in total. The van der Waals surface area contributed by atoms with Crippen LogP contribution >= 0.6 is 10.3 Å². The number of Topliss-reactive ketones (excluding diaryl/α,β-unsaturated/α-hetero) is 1. The van der Waals surface area contributed by atoms with Crippen LogP contribution in [0, 0.1) is 0 Å². The Morgan fingerprint density at radius 2 is 1.59 bits per heavy atom. The van der Waals surface area contributed by atoms with Gasteiger partial charge in [-0.1, -0.05) is 13.8 Å². The SMILES string of the molecule is CCS(CC)(CC(C)=O)[OH+]S(=O)(=O)C(F)(F)F. The molecule has 0 saturated heterocycles. The van der Waals surface area contributed by atoms with Crippen molar-refractivity contribution in [2.24, 2.45) is 0 Å². The molecule has 0 amide bonds. The van der Waals surface area contributed by atoms with Crippen LogP contribution in [0.1, 0.15) is 20.8 Å². The Balaban J connectivity index is 5.21. The first-order valence-electron chi connectivity index (χ1n) is 4.81. The monoisotopic (exact) mass is 297 g/mol. The van der Waals surface area contributed by atoms with Gasteiger partial charge in [0.05, 0.1) is 5.75 Å². The molecule has 9 heteroatoms. The predicted octanol–water partition coefficient (Wildman–Crippen LogP) is 2.28. The summed E-state index contributed by atoms with van der Waals surface area (Å²) < 4.78 is 61.6. The second-order valence-electron chi connectivity index (χ2n) is 3.42. The van der Waals surface area contributed by atoms with E-state index < -0.39 is 25.9 Å². The normalized spacial score (nSPS) is 14.7. The molecule has 0 fully saturated rings. The van der Waals surface area contributed by atoms with Crippen molar-refractivity contribution in [2.45, 2.75) is 26.3 Å². The first kappa shape index (κ1) is 16.7. The van der Waals surface area contributed by atoms with Crippen LogP contribution in [0.15, 0.2) is 0 Å². The van der Waals surface area contributed by atoms with E-state index >= 15 is 0 Å². The maximum absolute atomic E-state index is 12.2. The quantitative estimate of drug-likeness (QED) is 0.429. The summed E-state index contributed by atoms with van der Waals surface area (Å²) in [6.07, 6.45) is 0. The minimum Gasteiger partial charge on any atom is -0.299 e. The summed E-state index contributed by atoms with van der Waals surface area (Å²) in [5.74, 6) is -0.309. The van der Waals surface area contributed by atoms with Crippen molar-refractivity contribution < 1.29 is 30.0 Å². The molecule has 0 aliphatic heterocycles. The van der Waals surface area contributed by atoms with Gasteiger partial charge in [0.2, 0.25) is 0 Å². The number of rotatable bonds is 6. The van der Waals surface area contributed by atoms with Gasteiger partial charge in [0.15, 0.2) is 0 Å². The van der Waals surface area contributed by atoms with E-state index in [1.54, 1.807) is 0 Å². The number of carbonyl (C=O) groups is 1. The molecule has 0 aliphatic carbocycles. The molecule has 0 radical (unpaired) electrons. The zero-order valence-electron chi connectivity index (χ0n) is 9.74. The fourth-order valence-electron chi connectivity index (χ4n) is 1.17. The van der Waals surface area contributed by atoms with Crippen molar-refractivity contribution >= 4 is 26.2 Å². The fourth-order valence-corrected chi connectivity index (χ4v) is 5.80. The van der Waals surface area contributed by atoms with Gasteiger partial charge in [-0.05, 0) is 17.2 Å². The molecule has 0 aromatic carbocycles. The van der Waals surface area contributed by atoms with E-state index in [0.717, 1.165) is 0 Å². The number of alkyl halides is 3. The Morgan fingerprint density at radius 3 is 1.82 bits per heavy atom. The van der Waals surface area contributed by atoms with Crippen molar-refractivity contribution in [3.05, 3.63) is 0 Å². The first-order chi connectivity index (χ1) is 7.49. The highest BCUT2D eigenvalue weighted by molar-refractivity contribution is 8.32. The highest BCUT2D eigenvalue weighted by atomic mass is 32.3. The minimum absolute atomic E-state index is 0.137. The third kappa shape index (κ3) is 4.47. The maximum atomic E-state index is 12.2. The standard InChI is InChI=1S/C8H15F3O4S2/c1-4-16(5-2,6-7(3)12)15-17(13,14)8(9,10)11/h4-6H2,1-3H3/p+1. The van der Waals surface area contributed by atoms with Gasteiger partial charge in [-0.25, -0.2) is 0 Å². The summed E-state index contributed by atoms with van der Waals surface area (Å²) >= 11 is 0. The lowest BCUT2D eigenvalue weighted by atomic mass is 10.5. The van der Waals surface area contributed by atoms with Crippen LogP contribution in [0.4, 0.5) is 13.2 Å². The molecule has 104 valence electrons. The van der Waals surface area contributed by atoms with Gasteiger partial charge in [-0.3, -0.25) is 8.42 Å².